The topological polar surface area (TPSA) is 83.9 Å². The molecule has 0 spiro atoms. The number of halogens is 1. The van der Waals surface area contributed by atoms with Gasteiger partial charge in [0, 0.05) is 31.6 Å². The number of benzene rings is 1. The Hall–Kier alpha value is -3.42. The maximum Gasteiger partial charge on any atom is 0.247 e. The highest BCUT2D eigenvalue weighted by Crippen LogP contribution is 2.26. The van der Waals surface area contributed by atoms with E-state index in [2.05, 4.69) is 25.3 Å². The average Bonchev–Trinajstić information content (AvgIpc) is 3.21. The van der Waals surface area contributed by atoms with Crippen molar-refractivity contribution in [1.29, 1.82) is 0 Å². The van der Waals surface area contributed by atoms with Gasteiger partial charge in [-0.3, -0.25) is 4.79 Å². The fraction of sp³-hybridized carbons (Fsp3) is 0.250. The molecule has 0 saturated carbocycles. The van der Waals surface area contributed by atoms with Crippen LogP contribution in [0.5, 0.6) is 0 Å². The molecule has 144 valence electrons. The highest BCUT2D eigenvalue weighted by atomic mass is 19.1. The van der Waals surface area contributed by atoms with Crippen LogP contribution in [0.2, 0.25) is 0 Å². The number of amides is 1. The molecule has 0 aliphatic carbocycles. The molecule has 3 heterocycles. The monoisotopic (exact) mass is 380 g/mol. The highest BCUT2D eigenvalue weighted by Gasteiger charge is 2.32. The molecule has 1 fully saturated rings. The number of hydrogen-bond acceptors (Lipinski definition) is 6. The predicted molar refractivity (Wildman–Crippen MR) is 105 cm³/mol. The number of hydrogen-bond donors (Lipinski definition) is 1. The van der Waals surface area contributed by atoms with Gasteiger partial charge in [-0.05, 0) is 43.5 Å². The second-order valence-corrected chi connectivity index (χ2v) is 6.64. The highest BCUT2D eigenvalue weighted by molar-refractivity contribution is 5.97. The van der Waals surface area contributed by atoms with Crippen molar-refractivity contribution in [3.63, 3.8) is 0 Å². The molecule has 1 aromatic carbocycles. The van der Waals surface area contributed by atoms with Crippen molar-refractivity contribution in [3.8, 4) is 11.4 Å². The molecular weight excluding hydrogens is 359 g/mol. The van der Waals surface area contributed by atoms with E-state index in [0.717, 1.165) is 42.9 Å². The average molecular weight is 380 g/mol. The summed E-state index contributed by atoms with van der Waals surface area (Å²) in [5.74, 6) is 0.370. The van der Waals surface area contributed by atoms with E-state index in [1.807, 2.05) is 24.0 Å². The van der Waals surface area contributed by atoms with Gasteiger partial charge in [0.15, 0.2) is 11.6 Å². The Bertz CT molecular complexity index is 986. The first-order valence-corrected chi connectivity index (χ1v) is 9.05. The minimum atomic E-state index is -0.490. The van der Waals surface area contributed by atoms with Crippen molar-refractivity contribution in [2.24, 2.45) is 0 Å². The zero-order valence-corrected chi connectivity index (χ0v) is 15.3. The Morgan fingerprint density at radius 1 is 1.21 bits per heavy atom. The Labute approximate surface area is 163 Å². The molecule has 7 nitrogen and oxygen atoms in total. The predicted octanol–water partition coefficient (Wildman–Crippen LogP) is 3.23. The third-order valence-electron chi connectivity index (χ3n) is 4.73. The molecule has 2 aromatic heterocycles. The number of nitrogens with zero attached hydrogens (tertiary/aromatic N) is 5. The van der Waals surface area contributed by atoms with Crippen LogP contribution < -0.4 is 10.2 Å². The van der Waals surface area contributed by atoms with Crippen molar-refractivity contribution in [1.82, 2.24) is 19.9 Å². The molecule has 0 unspecified atom stereocenters. The number of aromatic nitrogens is 4. The van der Waals surface area contributed by atoms with Gasteiger partial charge in [-0.25, -0.2) is 24.3 Å². The van der Waals surface area contributed by atoms with Crippen LogP contribution in [-0.4, -0.2) is 38.4 Å². The molecule has 8 heteroatoms. The number of anilines is 2. The maximum atomic E-state index is 13.1. The van der Waals surface area contributed by atoms with Crippen LogP contribution in [0.4, 0.5) is 16.0 Å². The molecule has 1 aliphatic rings. The quantitative estimate of drug-likeness (QED) is 0.748. The molecule has 1 N–H and O–H groups in total. The zero-order valence-electron chi connectivity index (χ0n) is 15.3. The van der Waals surface area contributed by atoms with Crippen LogP contribution in [0.1, 0.15) is 19.8 Å². The van der Waals surface area contributed by atoms with Crippen LogP contribution in [0, 0.1) is 12.7 Å². The molecule has 28 heavy (non-hydrogen) atoms. The van der Waals surface area contributed by atoms with Crippen molar-refractivity contribution < 1.29 is 10.6 Å². The Morgan fingerprint density at radius 2 is 1.96 bits per heavy atom. The second kappa shape index (κ2) is 7.67. The standard InChI is InChI=1S/C20H19FN6O.H2/c1-13-5-6-15(10-16(13)18-24-11-14(21)12-25-18)26-19(28)17-4-2-9-27(17)20-22-7-3-8-23-20;/h3,5-8,10-12,17H,2,4,9H2,1H3,(H,26,28);1H/t17-;/m1./s1. The maximum absolute atomic E-state index is 13.1. The summed E-state index contributed by atoms with van der Waals surface area (Å²) in [4.78, 5) is 31.4. The first-order valence-electron chi connectivity index (χ1n) is 9.05. The lowest BCUT2D eigenvalue weighted by Gasteiger charge is -2.23. The lowest BCUT2D eigenvalue weighted by atomic mass is 10.1. The van der Waals surface area contributed by atoms with Crippen molar-refractivity contribution >= 4 is 17.5 Å². The van der Waals surface area contributed by atoms with Crippen LogP contribution in [0.25, 0.3) is 11.4 Å². The first-order chi connectivity index (χ1) is 13.6. The smallest absolute Gasteiger partial charge is 0.247 e. The summed E-state index contributed by atoms with van der Waals surface area (Å²) in [6.45, 7) is 2.66. The minimum absolute atomic E-state index is 0. The van der Waals surface area contributed by atoms with Crippen molar-refractivity contribution in [2.45, 2.75) is 25.8 Å². The zero-order chi connectivity index (χ0) is 19.5. The molecule has 1 saturated heterocycles. The first kappa shape index (κ1) is 18.0. The molecular formula is C20H21FN6O. The van der Waals surface area contributed by atoms with E-state index in [9.17, 15) is 9.18 Å². The van der Waals surface area contributed by atoms with E-state index in [0.29, 0.717) is 17.5 Å². The summed E-state index contributed by atoms with van der Waals surface area (Å²) < 4.78 is 13.1. The lowest BCUT2D eigenvalue weighted by Crippen LogP contribution is -2.40. The lowest BCUT2D eigenvalue weighted by molar-refractivity contribution is -0.117. The van der Waals surface area contributed by atoms with Gasteiger partial charge in [-0.15, -0.1) is 0 Å². The molecule has 1 amide bonds. The number of carbonyl (C=O) groups excluding carboxylic acids is 1. The molecule has 3 aromatic rings. The van der Waals surface area contributed by atoms with Gasteiger partial charge >= 0.3 is 0 Å². The van der Waals surface area contributed by atoms with E-state index in [1.165, 1.54) is 0 Å². The molecule has 0 radical (unpaired) electrons. The van der Waals surface area contributed by atoms with E-state index in [-0.39, 0.29) is 13.4 Å². The number of rotatable bonds is 4. The normalized spacial score (nSPS) is 16.2. The largest absolute Gasteiger partial charge is 0.329 e. The van der Waals surface area contributed by atoms with E-state index in [1.54, 1.807) is 24.5 Å². The van der Waals surface area contributed by atoms with Gasteiger partial charge in [0.1, 0.15) is 6.04 Å². The summed E-state index contributed by atoms with van der Waals surface area (Å²) in [5.41, 5.74) is 2.32. The molecule has 1 aliphatic heterocycles. The van der Waals surface area contributed by atoms with Crippen LogP contribution >= 0.6 is 0 Å². The molecule has 1 atom stereocenters. The minimum Gasteiger partial charge on any atom is -0.329 e. The summed E-state index contributed by atoms with van der Waals surface area (Å²) in [6, 6.07) is 6.94. The van der Waals surface area contributed by atoms with Crippen LogP contribution in [0.15, 0.2) is 49.1 Å². The third-order valence-corrected chi connectivity index (χ3v) is 4.73. The summed E-state index contributed by atoms with van der Waals surface area (Å²) in [7, 11) is 0. The van der Waals surface area contributed by atoms with Gasteiger partial charge in [-0.2, -0.15) is 0 Å². The van der Waals surface area contributed by atoms with Gasteiger partial charge in [0.2, 0.25) is 11.9 Å². The fourth-order valence-corrected chi connectivity index (χ4v) is 3.34. The van der Waals surface area contributed by atoms with Crippen molar-refractivity contribution in [3.05, 3.63) is 60.4 Å². The number of aryl methyl sites for hydroxylation is 1. The van der Waals surface area contributed by atoms with E-state index in [4.69, 9.17) is 0 Å². The molecule has 0 bridgehead atoms. The Morgan fingerprint density at radius 3 is 2.71 bits per heavy atom. The van der Waals surface area contributed by atoms with Gasteiger partial charge < -0.3 is 10.2 Å². The SMILES string of the molecule is Cc1ccc(NC(=O)[C@H]2CCCN2c2ncccn2)cc1-c1ncc(F)cn1.[HH]. The molecule has 4 rings (SSSR count). The summed E-state index contributed by atoms with van der Waals surface area (Å²) >= 11 is 0. The fourth-order valence-electron chi connectivity index (χ4n) is 3.34. The van der Waals surface area contributed by atoms with Crippen LogP contribution in [0.3, 0.4) is 0 Å². The van der Waals surface area contributed by atoms with Crippen LogP contribution in [-0.2, 0) is 4.79 Å². The Kier molecular flexibility index (Phi) is 4.92. The summed E-state index contributed by atoms with van der Waals surface area (Å²) in [5, 5.41) is 2.97. The van der Waals surface area contributed by atoms with Gasteiger partial charge in [0.25, 0.3) is 0 Å². The second-order valence-electron chi connectivity index (χ2n) is 6.64. The summed E-state index contributed by atoms with van der Waals surface area (Å²) in [6.07, 6.45) is 7.24. The van der Waals surface area contributed by atoms with E-state index >= 15 is 0 Å². The third kappa shape index (κ3) is 3.66. The Balaban J connectivity index is 0.00000240. The van der Waals surface area contributed by atoms with Gasteiger partial charge in [-0.1, -0.05) is 6.07 Å². The van der Waals surface area contributed by atoms with Crippen molar-refractivity contribution in [2.75, 3.05) is 16.8 Å². The number of carbonyl (C=O) groups is 1. The van der Waals surface area contributed by atoms with E-state index < -0.39 is 5.82 Å². The number of nitrogens with one attached hydrogen (secondary N) is 1. The van der Waals surface area contributed by atoms with Gasteiger partial charge in [0.05, 0.1) is 12.4 Å².